The van der Waals surface area contributed by atoms with Crippen LogP contribution in [0.5, 0.6) is 5.75 Å². The fourth-order valence-corrected chi connectivity index (χ4v) is 4.63. The second-order valence-electron chi connectivity index (χ2n) is 8.50. The van der Waals surface area contributed by atoms with Gasteiger partial charge in [-0.05, 0) is 60.5 Å². The van der Waals surface area contributed by atoms with Gasteiger partial charge < -0.3 is 19.7 Å². The van der Waals surface area contributed by atoms with Crippen molar-refractivity contribution in [2.24, 2.45) is 0 Å². The number of aromatic amines is 1. The highest BCUT2D eigenvalue weighted by molar-refractivity contribution is 6.46. The highest BCUT2D eigenvalue weighted by atomic mass is 19.1. The monoisotopic (exact) mass is 488 g/mol. The molecule has 0 spiro atoms. The van der Waals surface area contributed by atoms with Crippen LogP contribution in [-0.4, -0.2) is 40.3 Å². The minimum Gasteiger partial charge on any atom is -0.507 e. The smallest absolute Gasteiger partial charge is 0.295 e. The molecular weight excluding hydrogens is 466 g/mol. The Morgan fingerprint density at radius 1 is 1.06 bits per heavy atom. The molecular formula is C28H22F2N2O4. The predicted octanol–water partition coefficient (Wildman–Crippen LogP) is 5.12. The summed E-state index contributed by atoms with van der Waals surface area (Å²) in [6, 6.07) is 15.1. The Morgan fingerprint density at radius 2 is 1.81 bits per heavy atom. The number of Topliss-reactive ketones (excluding diaryl/α,β-unsaturated/α-hetero) is 1. The summed E-state index contributed by atoms with van der Waals surface area (Å²) in [5.74, 6) is -2.71. The quantitative estimate of drug-likeness (QED) is 0.224. The van der Waals surface area contributed by atoms with Crippen molar-refractivity contribution in [1.29, 1.82) is 0 Å². The summed E-state index contributed by atoms with van der Waals surface area (Å²) in [5, 5.41) is 11.9. The summed E-state index contributed by atoms with van der Waals surface area (Å²) in [4.78, 5) is 30.7. The Hall–Kier alpha value is -4.46. The number of nitrogens with zero attached hydrogens (tertiary/aromatic N) is 1. The molecule has 1 amide bonds. The zero-order valence-electron chi connectivity index (χ0n) is 19.3. The number of ether oxygens (including phenoxy) is 1. The van der Waals surface area contributed by atoms with Crippen LogP contribution in [0.1, 0.15) is 22.7 Å². The lowest BCUT2D eigenvalue weighted by Gasteiger charge is -2.25. The molecule has 0 saturated carbocycles. The van der Waals surface area contributed by atoms with Crippen LogP contribution < -0.4 is 4.74 Å². The first-order valence-electron chi connectivity index (χ1n) is 11.3. The van der Waals surface area contributed by atoms with Gasteiger partial charge in [-0.2, -0.15) is 0 Å². The highest BCUT2D eigenvalue weighted by Gasteiger charge is 2.46. The second kappa shape index (κ2) is 9.30. The number of hydrogen-bond acceptors (Lipinski definition) is 4. The van der Waals surface area contributed by atoms with Crippen LogP contribution in [0.2, 0.25) is 0 Å². The lowest BCUT2D eigenvalue weighted by Crippen LogP contribution is -2.32. The summed E-state index contributed by atoms with van der Waals surface area (Å²) in [6.07, 6.45) is 2.18. The van der Waals surface area contributed by atoms with E-state index in [-0.39, 0.29) is 23.2 Å². The highest BCUT2D eigenvalue weighted by Crippen LogP contribution is 2.40. The zero-order chi connectivity index (χ0) is 25.4. The van der Waals surface area contributed by atoms with Crippen LogP contribution in [0.15, 0.2) is 78.5 Å². The molecule has 0 unspecified atom stereocenters. The number of carbonyl (C=O) groups is 2. The number of H-pyrrole nitrogens is 1. The number of benzene rings is 3. The van der Waals surface area contributed by atoms with E-state index in [9.17, 15) is 23.5 Å². The number of aromatic nitrogens is 1. The van der Waals surface area contributed by atoms with Gasteiger partial charge in [0.2, 0.25) is 0 Å². The van der Waals surface area contributed by atoms with E-state index < -0.39 is 35.1 Å². The van der Waals surface area contributed by atoms with Crippen LogP contribution in [-0.2, 0) is 16.0 Å². The van der Waals surface area contributed by atoms with Crippen LogP contribution in [0.3, 0.4) is 0 Å². The summed E-state index contributed by atoms with van der Waals surface area (Å²) >= 11 is 0. The van der Waals surface area contributed by atoms with Gasteiger partial charge in [-0.25, -0.2) is 8.78 Å². The Bertz CT molecular complexity index is 1510. The maximum Gasteiger partial charge on any atom is 0.295 e. The Labute approximate surface area is 205 Å². The van der Waals surface area contributed by atoms with E-state index in [1.54, 1.807) is 13.2 Å². The van der Waals surface area contributed by atoms with Gasteiger partial charge in [0.25, 0.3) is 11.7 Å². The minimum absolute atomic E-state index is 0.0842. The molecule has 3 aromatic carbocycles. The van der Waals surface area contributed by atoms with E-state index in [4.69, 9.17) is 4.74 Å². The maximum atomic E-state index is 14.9. The van der Waals surface area contributed by atoms with Crippen LogP contribution >= 0.6 is 0 Å². The fourth-order valence-electron chi connectivity index (χ4n) is 4.63. The summed E-state index contributed by atoms with van der Waals surface area (Å²) < 4.78 is 33.7. The minimum atomic E-state index is -1.14. The maximum absolute atomic E-state index is 14.9. The molecule has 2 N–H and O–H groups in total. The molecule has 36 heavy (non-hydrogen) atoms. The molecule has 1 fully saturated rings. The number of hydrogen-bond donors (Lipinski definition) is 2. The largest absolute Gasteiger partial charge is 0.507 e. The van der Waals surface area contributed by atoms with E-state index in [1.807, 2.05) is 24.4 Å². The van der Waals surface area contributed by atoms with E-state index in [1.165, 1.54) is 35.2 Å². The van der Waals surface area contributed by atoms with Crippen molar-refractivity contribution in [3.05, 3.63) is 107 Å². The number of aliphatic hydroxyl groups is 1. The number of aliphatic hydroxyl groups excluding tert-OH is 1. The number of methoxy groups -OCH3 is 1. The first-order valence-corrected chi connectivity index (χ1v) is 11.3. The number of likely N-dealkylation sites (tertiary alicyclic amines) is 1. The Morgan fingerprint density at radius 3 is 2.53 bits per heavy atom. The zero-order valence-corrected chi connectivity index (χ0v) is 19.3. The van der Waals surface area contributed by atoms with Gasteiger partial charge in [0.05, 0.1) is 18.7 Å². The van der Waals surface area contributed by atoms with Gasteiger partial charge in [0.15, 0.2) is 0 Å². The van der Waals surface area contributed by atoms with E-state index in [0.29, 0.717) is 12.2 Å². The fraction of sp³-hybridized carbons (Fsp3) is 0.143. The van der Waals surface area contributed by atoms with Crippen molar-refractivity contribution in [3.63, 3.8) is 0 Å². The van der Waals surface area contributed by atoms with Gasteiger partial charge in [-0.15, -0.1) is 0 Å². The molecule has 1 saturated heterocycles. The molecule has 5 rings (SSSR count). The molecule has 4 aromatic rings. The van der Waals surface area contributed by atoms with E-state index >= 15 is 0 Å². The molecule has 8 heteroatoms. The van der Waals surface area contributed by atoms with Gasteiger partial charge >= 0.3 is 0 Å². The normalized spacial score (nSPS) is 17.2. The SMILES string of the molecule is COc1ccc2[nH]cc(CCN3C(=O)C(=O)C(=C(O)c4ccc(F)cc4)[C@@H]3c3ccccc3F)c2c1. The third-order valence-electron chi connectivity index (χ3n) is 6.45. The standard InChI is InChI=1S/C28H22F2N2O4/c1-36-19-10-11-23-21(14-19)17(15-31-23)12-13-32-25(20-4-2-3-5-22(20)30)24(27(34)28(32)35)26(33)16-6-8-18(29)9-7-16/h2-11,14-15,25,31,33H,12-13H2,1H3/t25-/m0/s1. The molecule has 6 nitrogen and oxygen atoms in total. The first kappa shape index (κ1) is 23.3. The summed E-state index contributed by atoms with van der Waals surface area (Å²) in [7, 11) is 1.57. The third-order valence-corrected chi connectivity index (χ3v) is 6.45. The molecule has 1 aliphatic heterocycles. The number of halogens is 2. The third kappa shape index (κ3) is 4.00. The van der Waals surface area contributed by atoms with E-state index in [2.05, 4.69) is 4.98 Å². The van der Waals surface area contributed by atoms with Gasteiger partial charge in [0, 0.05) is 34.8 Å². The Kier molecular flexibility index (Phi) is 6.01. The van der Waals surface area contributed by atoms with Gasteiger partial charge in [-0.1, -0.05) is 18.2 Å². The lowest BCUT2D eigenvalue weighted by molar-refractivity contribution is -0.139. The predicted molar refractivity (Wildman–Crippen MR) is 130 cm³/mol. The Balaban J connectivity index is 1.56. The molecule has 2 heterocycles. The van der Waals surface area contributed by atoms with Crippen LogP contribution in [0, 0.1) is 11.6 Å². The topological polar surface area (TPSA) is 82.6 Å². The van der Waals surface area contributed by atoms with E-state index in [0.717, 1.165) is 28.6 Å². The first-order chi connectivity index (χ1) is 17.4. The average molecular weight is 488 g/mol. The van der Waals surface area contributed by atoms with Crippen molar-refractivity contribution < 1.29 is 28.2 Å². The number of carbonyl (C=O) groups excluding carboxylic acids is 2. The molecule has 1 aromatic heterocycles. The number of nitrogens with one attached hydrogen (secondary N) is 1. The van der Waals surface area contributed by atoms with Crippen molar-refractivity contribution in [2.75, 3.05) is 13.7 Å². The van der Waals surface area contributed by atoms with Crippen molar-refractivity contribution in [2.45, 2.75) is 12.5 Å². The van der Waals surface area contributed by atoms with Crippen molar-refractivity contribution in [3.8, 4) is 5.75 Å². The van der Waals surface area contributed by atoms with Crippen LogP contribution in [0.25, 0.3) is 16.7 Å². The molecule has 0 aliphatic carbocycles. The molecule has 1 aliphatic rings. The number of amides is 1. The van der Waals surface area contributed by atoms with Crippen molar-refractivity contribution >= 4 is 28.4 Å². The number of ketones is 1. The lowest BCUT2D eigenvalue weighted by atomic mass is 9.94. The second-order valence-corrected chi connectivity index (χ2v) is 8.50. The molecule has 0 radical (unpaired) electrons. The van der Waals surface area contributed by atoms with Crippen molar-refractivity contribution in [1.82, 2.24) is 9.88 Å². The van der Waals surface area contributed by atoms with Crippen LogP contribution in [0.4, 0.5) is 8.78 Å². The van der Waals surface area contributed by atoms with Gasteiger partial charge in [0.1, 0.15) is 23.1 Å². The molecule has 1 atom stereocenters. The number of rotatable bonds is 6. The van der Waals surface area contributed by atoms with Gasteiger partial charge in [-0.3, -0.25) is 9.59 Å². The number of fused-ring (bicyclic) bond motifs is 1. The average Bonchev–Trinajstić information content (AvgIpc) is 3.40. The summed E-state index contributed by atoms with van der Waals surface area (Å²) in [6.45, 7) is 0.0912. The summed E-state index contributed by atoms with van der Waals surface area (Å²) in [5.41, 5.74) is 1.77. The molecule has 182 valence electrons. The molecule has 0 bridgehead atoms.